The number of carbonyl (C=O) groups excluding carboxylic acids is 1. The molecule has 2 aromatic carbocycles. The van der Waals surface area contributed by atoms with E-state index in [1.807, 2.05) is 0 Å². The van der Waals surface area contributed by atoms with Crippen LogP contribution in [0.1, 0.15) is 53.8 Å². The Balaban J connectivity index is 1.44. The summed E-state index contributed by atoms with van der Waals surface area (Å²) >= 11 is 7.58. The fourth-order valence-electron chi connectivity index (χ4n) is 4.81. The maximum Gasteiger partial charge on any atom is 0.269 e. The number of nitro benzene ring substituents is 1. The molecule has 1 aliphatic rings. The van der Waals surface area contributed by atoms with Crippen molar-refractivity contribution in [3.8, 4) is 11.3 Å². The van der Waals surface area contributed by atoms with Gasteiger partial charge in [0, 0.05) is 33.3 Å². The number of thiophene rings is 1. The third kappa shape index (κ3) is 5.97. The quantitative estimate of drug-likeness (QED) is 0.144. The van der Waals surface area contributed by atoms with Crippen LogP contribution in [0, 0.1) is 21.4 Å². The first-order valence-electron chi connectivity index (χ1n) is 12.7. The minimum absolute atomic E-state index is 0.0202. The van der Waals surface area contributed by atoms with E-state index in [-0.39, 0.29) is 17.0 Å². The second-order valence-electron chi connectivity index (χ2n) is 10.7. The summed E-state index contributed by atoms with van der Waals surface area (Å²) in [6.07, 6.45) is 4.39. The van der Waals surface area contributed by atoms with E-state index in [0.717, 1.165) is 30.4 Å². The molecule has 9 heteroatoms. The Labute approximate surface area is 235 Å². The van der Waals surface area contributed by atoms with Crippen LogP contribution < -0.4 is 5.32 Å². The monoisotopic (exact) mass is 561 g/mol. The predicted octanol–water partition coefficient (Wildman–Crippen LogP) is 8.72. The van der Waals surface area contributed by atoms with Crippen molar-refractivity contribution < 1.29 is 14.1 Å². The molecule has 0 saturated carbocycles. The molecule has 1 aliphatic carbocycles. The second-order valence-corrected chi connectivity index (χ2v) is 12.2. The van der Waals surface area contributed by atoms with Crippen LogP contribution in [0.2, 0.25) is 5.02 Å². The van der Waals surface area contributed by atoms with Crippen LogP contribution in [0.15, 0.2) is 70.1 Å². The molecule has 0 spiro atoms. The number of anilines is 1. The molecular weight excluding hydrogens is 534 g/mol. The van der Waals surface area contributed by atoms with Crippen molar-refractivity contribution in [3.05, 3.63) is 97.6 Å². The van der Waals surface area contributed by atoms with Gasteiger partial charge in [-0.1, -0.05) is 32.4 Å². The minimum Gasteiger partial charge on any atom is -0.455 e. The Morgan fingerprint density at radius 1 is 1.13 bits per heavy atom. The van der Waals surface area contributed by atoms with Crippen molar-refractivity contribution in [2.24, 2.45) is 16.3 Å². The molecule has 0 saturated heterocycles. The summed E-state index contributed by atoms with van der Waals surface area (Å²) in [5.41, 5.74) is 3.27. The maximum atomic E-state index is 13.5. The number of hydrogen-bond donors (Lipinski definition) is 1. The standard InChI is InChI=1S/C30H28ClN3O4S/c1-30(2,3)19-6-14-24-26(16-19)39-29(27(24)28(35)33-21-9-7-20(31)8-10-21)32-17-23-13-15-25(38-23)18-4-11-22(12-5-18)34(36)37/h4-5,7-13,15,17,19H,6,14,16H2,1-3H3,(H,33,35)/t19-/m0/s1. The summed E-state index contributed by atoms with van der Waals surface area (Å²) in [4.78, 5) is 30.0. The van der Waals surface area contributed by atoms with Gasteiger partial charge < -0.3 is 9.73 Å². The van der Waals surface area contributed by atoms with Crippen LogP contribution in [0.25, 0.3) is 11.3 Å². The molecule has 200 valence electrons. The highest BCUT2D eigenvalue weighted by atomic mass is 35.5. The number of nitro groups is 1. The van der Waals surface area contributed by atoms with Gasteiger partial charge in [-0.15, -0.1) is 11.3 Å². The number of rotatable bonds is 6. The molecule has 2 heterocycles. The lowest BCUT2D eigenvalue weighted by molar-refractivity contribution is -0.384. The van der Waals surface area contributed by atoms with Gasteiger partial charge in [-0.25, -0.2) is 4.99 Å². The van der Waals surface area contributed by atoms with E-state index in [2.05, 4.69) is 26.1 Å². The SMILES string of the molecule is CC(C)(C)[C@H]1CCc2c(sc(N=Cc3ccc(-c4ccc([N+](=O)[O-])cc4)o3)c2C(=O)Nc2ccc(Cl)cc2)C1. The smallest absolute Gasteiger partial charge is 0.269 e. The lowest BCUT2D eigenvalue weighted by Crippen LogP contribution is -2.27. The molecule has 4 aromatic rings. The van der Waals surface area contributed by atoms with Gasteiger partial charge in [-0.2, -0.15) is 0 Å². The number of non-ortho nitro benzene ring substituents is 1. The Bertz CT molecular complexity index is 1550. The molecule has 1 amide bonds. The first-order valence-corrected chi connectivity index (χ1v) is 13.9. The van der Waals surface area contributed by atoms with Crippen molar-refractivity contribution in [1.29, 1.82) is 0 Å². The third-order valence-electron chi connectivity index (χ3n) is 7.10. The molecule has 7 nitrogen and oxygen atoms in total. The summed E-state index contributed by atoms with van der Waals surface area (Å²) in [5, 5.41) is 15.2. The van der Waals surface area contributed by atoms with Gasteiger partial charge in [-0.05, 0) is 84.7 Å². The molecule has 0 aliphatic heterocycles. The van der Waals surface area contributed by atoms with Crippen LogP contribution in [-0.2, 0) is 12.8 Å². The zero-order valence-corrected chi connectivity index (χ0v) is 23.4. The van der Waals surface area contributed by atoms with Gasteiger partial charge in [0.1, 0.15) is 16.5 Å². The number of nitrogens with one attached hydrogen (secondary N) is 1. The number of benzene rings is 2. The molecule has 5 rings (SSSR count). The van der Waals surface area contributed by atoms with Gasteiger partial charge in [-0.3, -0.25) is 14.9 Å². The molecule has 0 bridgehead atoms. The number of aliphatic imine (C=N–C) groups is 1. The van der Waals surface area contributed by atoms with E-state index < -0.39 is 4.92 Å². The first-order chi connectivity index (χ1) is 18.6. The number of nitrogens with zero attached hydrogens (tertiary/aromatic N) is 2. The van der Waals surface area contributed by atoms with E-state index in [1.54, 1.807) is 66.1 Å². The van der Waals surface area contributed by atoms with Crippen molar-refractivity contribution in [3.63, 3.8) is 0 Å². The highest BCUT2D eigenvalue weighted by Crippen LogP contribution is 2.45. The van der Waals surface area contributed by atoms with Crippen molar-refractivity contribution >= 4 is 51.4 Å². The van der Waals surface area contributed by atoms with E-state index >= 15 is 0 Å². The summed E-state index contributed by atoms with van der Waals surface area (Å²) in [7, 11) is 0. The average molecular weight is 562 g/mol. The van der Waals surface area contributed by atoms with Crippen molar-refractivity contribution in [2.45, 2.75) is 40.0 Å². The summed E-state index contributed by atoms with van der Waals surface area (Å²) < 4.78 is 5.94. The fourth-order valence-corrected chi connectivity index (χ4v) is 6.20. The lowest BCUT2D eigenvalue weighted by atomic mass is 9.72. The van der Waals surface area contributed by atoms with Gasteiger partial charge >= 0.3 is 0 Å². The van der Waals surface area contributed by atoms with Crippen molar-refractivity contribution in [1.82, 2.24) is 0 Å². The first kappa shape index (κ1) is 26.8. The number of fused-ring (bicyclic) bond motifs is 1. The van der Waals surface area contributed by atoms with Gasteiger partial charge in [0.25, 0.3) is 11.6 Å². The minimum atomic E-state index is -0.436. The largest absolute Gasteiger partial charge is 0.455 e. The zero-order chi connectivity index (χ0) is 27.7. The lowest BCUT2D eigenvalue weighted by Gasteiger charge is -2.33. The topological polar surface area (TPSA) is 97.7 Å². The fraction of sp³-hybridized carbons (Fsp3) is 0.267. The number of amides is 1. The maximum absolute atomic E-state index is 13.5. The van der Waals surface area contributed by atoms with Crippen LogP contribution in [0.4, 0.5) is 16.4 Å². The van der Waals surface area contributed by atoms with Gasteiger partial charge in [0.05, 0.1) is 16.7 Å². The molecule has 39 heavy (non-hydrogen) atoms. The summed E-state index contributed by atoms with van der Waals surface area (Å²) in [5.74, 6) is 1.43. The Kier molecular flexibility index (Phi) is 7.42. The summed E-state index contributed by atoms with van der Waals surface area (Å²) in [6, 6.07) is 16.8. The average Bonchev–Trinajstić information content (AvgIpc) is 3.52. The Morgan fingerprint density at radius 3 is 2.51 bits per heavy atom. The number of halogens is 1. The molecule has 1 atom stereocenters. The van der Waals surface area contributed by atoms with E-state index in [9.17, 15) is 14.9 Å². The Morgan fingerprint density at radius 2 is 1.85 bits per heavy atom. The van der Waals surface area contributed by atoms with Crippen molar-refractivity contribution in [2.75, 3.05) is 5.32 Å². The normalized spacial score (nSPS) is 15.3. The zero-order valence-electron chi connectivity index (χ0n) is 21.9. The molecular formula is C30H28ClN3O4S. The molecule has 0 unspecified atom stereocenters. The Hall–Kier alpha value is -3.75. The van der Waals surface area contributed by atoms with Gasteiger partial charge in [0.2, 0.25) is 0 Å². The molecule has 1 N–H and O–H groups in total. The number of hydrogen-bond acceptors (Lipinski definition) is 6. The summed E-state index contributed by atoms with van der Waals surface area (Å²) in [6.45, 7) is 6.80. The highest BCUT2D eigenvalue weighted by Gasteiger charge is 2.33. The number of furan rings is 1. The second kappa shape index (κ2) is 10.8. The molecule has 0 fully saturated rings. The van der Waals surface area contributed by atoms with E-state index in [4.69, 9.17) is 21.0 Å². The van der Waals surface area contributed by atoms with Crippen LogP contribution in [0.5, 0.6) is 0 Å². The molecule has 0 radical (unpaired) electrons. The van der Waals surface area contributed by atoms with Crippen LogP contribution in [0.3, 0.4) is 0 Å². The van der Waals surface area contributed by atoms with E-state index in [0.29, 0.717) is 38.7 Å². The highest BCUT2D eigenvalue weighted by molar-refractivity contribution is 7.16. The van der Waals surface area contributed by atoms with Crippen LogP contribution >= 0.6 is 22.9 Å². The third-order valence-corrected chi connectivity index (χ3v) is 8.51. The predicted molar refractivity (Wildman–Crippen MR) is 157 cm³/mol. The molecule has 2 aromatic heterocycles. The van der Waals surface area contributed by atoms with E-state index in [1.165, 1.54) is 17.0 Å². The number of carbonyl (C=O) groups is 1. The van der Waals surface area contributed by atoms with Gasteiger partial charge in [0.15, 0.2) is 0 Å². The van der Waals surface area contributed by atoms with Crippen LogP contribution in [-0.4, -0.2) is 17.0 Å².